The Kier molecular flexibility index (Phi) is 3.87. The Labute approximate surface area is 98.3 Å². The van der Waals surface area contributed by atoms with Crippen molar-refractivity contribution in [3.63, 3.8) is 0 Å². The van der Waals surface area contributed by atoms with E-state index in [9.17, 15) is 8.42 Å². The highest BCUT2D eigenvalue weighted by atomic mass is 32.2. The number of sulfone groups is 1. The van der Waals surface area contributed by atoms with Crippen LogP contribution >= 0.6 is 0 Å². The summed E-state index contributed by atoms with van der Waals surface area (Å²) in [4.78, 5) is 2.42. The number of rotatable bonds is 3. The van der Waals surface area contributed by atoms with Gasteiger partial charge in [0.05, 0.1) is 11.5 Å². The molecule has 0 saturated carbocycles. The highest BCUT2D eigenvalue weighted by Crippen LogP contribution is 2.23. The van der Waals surface area contributed by atoms with E-state index >= 15 is 0 Å². The number of hydrogen-bond acceptors (Lipinski definition) is 4. The predicted molar refractivity (Wildman–Crippen MR) is 65.3 cm³/mol. The predicted octanol–water partition coefficient (Wildman–Crippen LogP) is 0.247. The van der Waals surface area contributed by atoms with Crippen molar-refractivity contribution in [2.24, 2.45) is 0 Å². The van der Waals surface area contributed by atoms with Crippen molar-refractivity contribution in [1.82, 2.24) is 10.2 Å². The van der Waals surface area contributed by atoms with Crippen LogP contribution in [0.3, 0.4) is 0 Å². The molecule has 2 heterocycles. The summed E-state index contributed by atoms with van der Waals surface area (Å²) in [7, 11) is -2.75. The van der Waals surface area contributed by atoms with E-state index < -0.39 is 9.84 Å². The quantitative estimate of drug-likeness (QED) is 0.775. The van der Waals surface area contributed by atoms with Gasteiger partial charge in [-0.05, 0) is 38.9 Å². The van der Waals surface area contributed by atoms with E-state index in [4.69, 9.17) is 0 Å². The first-order chi connectivity index (χ1) is 7.62. The van der Waals surface area contributed by atoms with Crippen LogP contribution in [0.25, 0.3) is 0 Å². The van der Waals surface area contributed by atoms with Gasteiger partial charge in [-0.3, -0.25) is 4.90 Å². The second-order valence-electron chi connectivity index (χ2n) is 4.87. The Morgan fingerprint density at radius 2 is 1.88 bits per heavy atom. The number of nitrogens with one attached hydrogen (secondary N) is 1. The Morgan fingerprint density at radius 1 is 1.19 bits per heavy atom. The molecule has 4 nitrogen and oxygen atoms in total. The fourth-order valence-corrected chi connectivity index (χ4v) is 4.73. The van der Waals surface area contributed by atoms with E-state index in [0.29, 0.717) is 17.5 Å². The zero-order valence-electron chi connectivity index (χ0n) is 9.98. The van der Waals surface area contributed by atoms with Crippen molar-refractivity contribution in [1.29, 1.82) is 0 Å². The molecule has 0 spiro atoms. The van der Waals surface area contributed by atoms with Crippen LogP contribution in [0.2, 0.25) is 0 Å². The molecule has 5 heteroatoms. The summed E-state index contributed by atoms with van der Waals surface area (Å²) in [6.07, 6.45) is 3.15. The summed E-state index contributed by atoms with van der Waals surface area (Å²) in [5.41, 5.74) is 0. The van der Waals surface area contributed by atoms with Gasteiger partial charge >= 0.3 is 0 Å². The van der Waals surface area contributed by atoms with Crippen molar-refractivity contribution in [3.05, 3.63) is 0 Å². The van der Waals surface area contributed by atoms with Gasteiger partial charge in [-0.2, -0.15) is 0 Å². The highest BCUT2D eigenvalue weighted by Gasteiger charge is 2.34. The second-order valence-corrected chi connectivity index (χ2v) is 7.10. The average Bonchev–Trinajstić information content (AvgIpc) is 2.62. The molecule has 2 fully saturated rings. The first-order valence-corrected chi connectivity index (χ1v) is 8.11. The average molecular weight is 246 g/mol. The first kappa shape index (κ1) is 12.3. The first-order valence-electron chi connectivity index (χ1n) is 6.29. The zero-order valence-corrected chi connectivity index (χ0v) is 10.8. The molecule has 1 atom stereocenters. The van der Waals surface area contributed by atoms with Crippen LogP contribution in [-0.2, 0) is 9.84 Å². The van der Waals surface area contributed by atoms with Gasteiger partial charge in [0.1, 0.15) is 0 Å². The Hall–Kier alpha value is -0.130. The molecule has 0 aromatic heterocycles. The molecular weight excluding hydrogens is 224 g/mol. The largest absolute Gasteiger partial charge is 0.317 e. The standard InChI is InChI=1S/C11H22N2O2S/c1-2-13(10-3-6-12-7-4-10)11-5-8-16(14,15)9-11/h10-12H,2-9H2,1H3. The zero-order chi connectivity index (χ0) is 11.6. The third kappa shape index (κ3) is 2.76. The minimum Gasteiger partial charge on any atom is -0.317 e. The molecule has 0 aliphatic carbocycles. The maximum atomic E-state index is 11.5. The van der Waals surface area contributed by atoms with E-state index in [1.54, 1.807) is 0 Å². The topological polar surface area (TPSA) is 49.4 Å². The van der Waals surface area contributed by atoms with Gasteiger partial charge in [-0.15, -0.1) is 0 Å². The molecule has 94 valence electrons. The molecule has 2 aliphatic rings. The monoisotopic (exact) mass is 246 g/mol. The van der Waals surface area contributed by atoms with Gasteiger partial charge in [0.2, 0.25) is 0 Å². The van der Waals surface area contributed by atoms with Crippen molar-refractivity contribution >= 4 is 9.84 Å². The summed E-state index contributed by atoms with van der Waals surface area (Å²) in [5, 5.41) is 3.36. The summed E-state index contributed by atoms with van der Waals surface area (Å²) < 4.78 is 23.0. The number of nitrogens with zero attached hydrogens (tertiary/aromatic N) is 1. The van der Waals surface area contributed by atoms with E-state index in [-0.39, 0.29) is 6.04 Å². The van der Waals surface area contributed by atoms with Crippen molar-refractivity contribution in [2.45, 2.75) is 38.3 Å². The Morgan fingerprint density at radius 3 is 2.38 bits per heavy atom. The van der Waals surface area contributed by atoms with Crippen molar-refractivity contribution < 1.29 is 8.42 Å². The lowest BCUT2D eigenvalue weighted by molar-refractivity contribution is 0.127. The number of piperidine rings is 1. The maximum Gasteiger partial charge on any atom is 0.151 e. The molecule has 2 rings (SSSR count). The third-order valence-electron chi connectivity index (χ3n) is 3.82. The fraction of sp³-hybridized carbons (Fsp3) is 1.00. The summed E-state index contributed by atoms with van der Waals surface area (Å²) >= 11 is 0. The lowest BCUT2D eigenvalue weighted by Crippen LogP contribution is -2.48. The lowest BCUT2D eigenvalue weighted by Gasteiger charge is -2.37. The van der Waals surface area contributed by atoms with Gasteiger partial charge in [0.15, 0.2) is 9.84 Å². The molecule has 0 bridgehead atoms. The van der Waals surface area contributed by atoms with E-state index in [0.717, 1.165) is 38.9 Å². The molecule has 2 saturated heterocycles. The van der Waals surface area contributed by atoms with Crippen LogP contribution in [0.1, 0.15) is 26.2 Å². The molecule has 0 amide bonds. The normalized spacial score (nSPS) is 31.0. The minimum atomic E-state index is -2.75. The van der Waals surface area contributed by atoms with Crippen LogP contribution in [0.15, 0.2) is 0 Å². The molecule has 0 aromatic carbocycles. The van der Waals surface area contributed by atoms with Crippen molar-refractivity contribution in [3.8, 4) is 0 Å². The van der Waals surface area contributed by atoms with Crippen molar-refractivity contribution in [2.75, 3.05) is 31.1 Å². The minimum absolute atomic E-state index is 0.276. The van der Waals surface area contributed by atoms with Crippen LogP contribution in [0, 0.1) is 0 Å². The SMILES string of the molecule is CCN(C1CCNCC1)C1CCS(=O)(=O)C1. The fourth-order valence-electron chi connectivity index (χ4n) is 2.99. The molecule has 0 radical (unpaired) electrons. The summed E-state index contributed by atoms with van der Waals surface area (Å²) in [5.74, 6) is 0.768. The van der Waals surface area contributed by atoms with Gasteiger partial charge in [0.25, 0.3) is 0 Å². The molecule has 16 heavy (non-hydrogen) atoms. The molecule has 1 N–H and O–H groups in total. The Bertz CT molecular complexity index is 323. The molecule has 2 aliphatic heterocycles. The van der Waals surface area contributed by atoms with E-state index in [1.165, 1.54) is 0 Å². The molecule has 1 unspecified atom stereocenters. The Balaban J connectivity index is 1.99. The van der Waals surface area contributed by atoms with Crippen LogP contribution in [0.5, 0.6) is 0 Å². The smallest absolute Gasteiger partial charge is 0.151 e. The van der Waals surface area contributed by atoms with Crippen LogP contribution in [0.4, 0.5) is 0 Å². The summed E-state index contributed by atoms with van der Waals surface area (Å²) in [6.45, 7) is 5.26. The highest BCUT2D eigenvalue weighted by molar-refractivity contribution is 7.91. The lowest BCUT2D eigenvalue weighted by atomic mass is 10.0. The number of hydrogen-bond donors (Lipinski definition) is 1. The van der Waals surface area contributed by atoms with Crippen LogP contribution in [-0.4, -0.2) is 56.5 Å². The maximum absolute atomic E-state index is 11.5. The second kappa shape index (κ2) is 5.02. The van der Waals surface area contributed by atoms with Gasteiger partial charge in [-0.1, -0.05) is 6.92 Å². The molecule has 0 aromatic rings. The van der Waals surface area contributed by atoms with Crippen LogP contribution < -0.4 is 5.32 Å². The van der Waals surface area contributed by atoms with Gasteiger partial charge < -0.3 is 5.32 Å². The summed E-state index contributed by atoms with van der Waals surface area (Å²) in [6, 6.07) is 0.864. The van der Waals surface area contributed by atoms with Gasteiger partial charge in [-0.25, -0.2) is 8.42 Å². The third-order valence-corrected chi connectivity index (χ3v) is 5.57. The molecular formula is C11H22N2O2S. The van der Waals surface area contributed by atoms with E-state index in [1.807, 2.05) is 0 Å². The van der Waals surface area contributed by atoms with E-state index in [2.05, 4.69) is 17.1 Å². The van der Waals surface area contributed by atoms with Gasteiger partial charge in [0, 0.05) is 12.1 Å².